The van der Waals surface area contributed by atoms with Crippen molar-refractivity contribution in [1.29, 1.82) is 0 Å². The highest BCUT2D eigenvalue weighted by Crippen LogP contribution is 2.48. The van der Waals surface area contributed by atoms with Gasteiger partial charge in [-0.2, -0.15) is 5.10 Å². The third-order valence-corrected chi connectivity index (χ3v) is 8.83. The summed E-state index contributed by atoms with van der Waals surface area (Å²) in [6, 6.07) is 16.6. The largest absolute Gasteiger partial charge is 0.497 e. The monoisotopic (exact) mass is 485 g/mol. The summed E-state index contributed by atoms with van der Waals surface area (Å²) in [5, 5.41) is 18.5. The second-order valence-electron chi connectivity index (χ2n) is 10.8. The lowest BCUT2D eigenvalue weighted by atomic mass is 9.82. The van der Waals surface area contributed by atoms with Gasteiger partial charge in [0.25, 0.3) is 0 Å². The van der Waals surface area contributed by atoms with Crippen molar-refractivity contribution in [1.82, 2.24) is 15.1 Å². The lowest BCUT2D eigenvalue weighted by molar-refractivity contribution is -0.124. The van der Waals surface area contributed by atoms with E-state index >= 15 is 0 Å². The molecule has 6 heteroatoms. The SMILES string of the molecule is COc1ccc(-n2nc3c(c2-c2ccc(C)cc2)CCCC3C(=O)N[C@@H]2C3CCC(C3)[C@@H]2CO)cc1. The van der Waals surface area contributed by atoms with E-state index in [1.165, 1.54) is 17.5 Å². The minimum Gasteiger partial charge on any atom is -0.497 e. The first-order valence-electron chi connectivity index (χ1n) is 13.3. The zero-order valence-electron chi connectivity index (χ0n) is 21.1. The Bertz CT molecular complexity index is 1250. The van der Waals surface area contributed by atoms with Crippen LogP contribution >= 0.6 is 0 Å². The number of nitrogens with zero attached hydrogens (tertiary/aromatic N) is 2. The van der Waals surface area contributed by atoms with Gasteiger partial charge in [-0.15, -0.1) is 0 Å². The van der Waals surface area contributed by atoms with Gasteiger partial charge in [-0.25, -0.2) is 4.68 Å². The maximum absolute atomic E-state index is 13.7. The highest BCUT2D eigenvalue weighted by molar-refractivity contribution is 5.85. The standard InChI is InChI=1S/C30H35N3O3/c1-18-6-8-19(9-7-18)29-24-4-3-5-25(28(24)32-33(29)22-12-14-23(36-2)15-13-22)30(35)31-27-21-11-10-20(16-21)26(27)17-34/h6-9,12-15,20-21,25-27,34H,3-5,10-11,16-17H2,1-2H3,(H,31,35)/t20?,21?,25?,26-,27+/m0/s1. The molecule has 6 rings (SSSR count). The molecule has 1 heterocycles. The average molecular weight is 486 g/mol. The van der Waals surface area contributed by atoms with Gasteiger partial charge in [0.15, 0.2) is 0 Å². The number of aliphatic hydroxyl groups excluding tert-OH is 1. The van der Waals surface area contributed by atoms with E-state index in [0.717, 1.165) is 60.5 Å². The molecule has 0 saturated heterocycles. The molecule has 3 aromatic rings. The molecule has 2 fully saturated rings. The van der Waals surface area contributed by atoms with Crippen molar-refractivity contribution in [2.75, 3.05) is 13.7 Å². The number of rotatable bonds is 6. The molecule has 0 aliphatic heterocycles. The number of hydrogen-bond donors (Lipinski definition) is 2. The first-order valence-corrected chi connectivity index (χ1v) is 13.3. The summed E-state index contributed by atoms with van der Waals surface area (Å²) in [4.78, 5) is 13.7. The number of ether oxygens (including phenoxy) is 1. The third kappa shape index (κ3) is 3.92. The van der Waals surface area contributed by atoms with E-state index in [1.54, 1.807) is 7.11 Å². The number of nitrogens with one attached hydrogen (secondary N) is 1. The first kappa shape index (κ1) is 23.3. The molecule has 2 aromatic carbocycles. The van der Waals surface area contributed by atoms with Crippen LogP contribution in [0, 0.1) is 24.7 Å². The lowest BCUT2D eigenvalue weighted by Gasteiger charge is -2.32. The van der Waals surface area contributed by atoms with E-state index in [4.69, 9.17) is 9.84 Å². The number of methoxy groups -OCH3 is 1. The van der Waals surface area contributed by atoms with Crippen LogP contribution in [0.2, 0.25) is 0 Å². The van der Waals surface area contributed by atoms with Gasteiger partial charge in [0.05, 0.1) is 30.1 Å². The molecular formula is C30H35N3O3. The number of aromatic nitrogens is 2. The van der Waals surface area contributed by atoms with E-state index in [1.807, 2.05) is 28.9 Å². The number of carbonyl (C=O) groups excluding carboxylic acids is 1. The Labute approximate surface area is 212 Å². The number of benzene rings is 2. The molecule has 3 aliphatic carbocycles. The number of aliphatic hydroxyl groups is 1. The zero-order valence-corrected chi connectivity index (χ0v) is 21.1. The quantitative estimate of drug-likeness (QED) is 0.526. The van der Waals surface area contributed by atoms with Crippen LogP contribution in [0.4, 0.5) is 0 Å². The van der Waals surface area contributed by atoms with Gasteiger partial charge < -0.3 is 15.2 Å². The van der Waals surface area contributed by atoms with Gasteiger partial charge in [-0.3, -0.25) is 4.79 Å². The van der Waals surface area contributed by atoms with Gasteiger partial charge >= 0.3 is 0 Å². The molecule has 36 heavy (non-hydrogen) atoms. The van der Waals surface area contributed by atoms with Crippen LogP contribution in [0.15, 0.2) is 48.5 Å². The van der Waals surface area contributed by atoms with Crippen molar-refractivity contribution in [2.45, 2.75) is 57.4 Å². The number of fused-ring (bicyclic) bond motifs is 3. The molecular weight excluding hydrogens is 450 g/mol. The highest BCUT2D eigenvalue weighted by atomic mass is 16.5. The molecule has 188 valence electrons. The second-order valence-corrected chi connectivity index (χ2v) is 10.8. The van der Waals surface area contributed by atoms with E-state index in [2.05, 4.69) is 36.5 Å². The molecule has 5 atom stereocenters. The van der Waals surface area contributed by atoms with Crippen LogP contribution in [-0.4, -0.2) is 40.6 Å². The van der Waals surface area contributed by atoms with Gasteiger partial charge in [-0.05, 0) is 81.5 Å². The summed E-state index contributed by atoms with van der Waals surface area (Å²) in [5.41, 5.74) is 6.42. The fourth-order valence-corrected chi connectivity index (χ4v) is 6.95. The smallest absolute Gasteiger partial charge is 0.229 e. The zero-order chi connectivity index (χ0) is 24.8. The molecule has 6 nitrogen and oxygen atoms in total. The van der Waals surface area contributed by atoms with Crippen molar-refractivity contribution in [3.63, 3.8) is 0 Å². The van der Waals surface area contributed by atoms with E-state index < -0.39 is 0 Å². The van der Waals surface area contributed by atoms with Crippen molar-refractivity contribution in [2.24, 2.45) is 17.8 Å². The van der Waals surface area contributed by atoms with Crippen LogP contribution in [-0.2, 0) is 11.2 Å². The minimum absolute atomic E-state index is 0.0711. The molecule has 1 aromatic heterocycles. The van der Waals surface area contributed by atoms with E-state index in [9.17, 15) is 9.90 Å². The maximum atomic E-state index is 13.7. The molecule has 2 bridgehead atoms. The van der Waals surface area contributed by atoms with Crippen molar-refractivity contribution in [3.05, 3.63) is 65.4 Å². The summed E-state index contributed by atoms with van der Waals surface area (Å²) in [5.74, 6) is 1.84. The van der Waals surface area contributed by atoms with Crippen molar-refractivity contribution >= 4 is 5.91 Å². The topological polar surface area (TPSA) is 76.4 Å². The number of amides is 1. The third-order valence-electron chi connectivity index (χ3n) is 8.83. The summed E-state index contributed by atoms with van der Waals surface area (Å²) in [7, 11) is 1.67. The van der Waals surface area contributed by atoms with Crippen LogP contribution in [0.1, 0.15) is 54.8 Å². The first-order chi connectivity index (χ1) is 17.6. The Hall–Kier alpha value is -3.12. The second kappa shape index (κ2) is 9.40. The summed E-state index contributed by atoms with van der Waals surface area (Å²) in [6.45, 7) is 2.25. The fraction of sp³-hybridized carbons (Fsp3) is 0.467. The number of hydrogen-bond acceptors (Lipinski definition) is 4. The Balaban J connectivity index is 1.38. The Morgan fingerprint density at radius 1 is 1.08 bits per heavy atom. The van der Waals surface area contributed by atoms with Gasteiger partial charge in [0.1, 0.15) is 5.75 Å². The molecule has 0 radical (unpaired) electrons. The average Bonchev–Trinajstić information content (AvgIpc) is 3.62. The Kier molecular flexibility index (Phi) is 6.08. The highest BCUT2D eigenvalue weighted by Gasteiger charge is 2.48. The molecule has 2 N–H and O–H groups in total. The van der Waals surface area contributed by atoms with Crippen LogP contribution in [0.3, 0.4) is 0 Å². The van der Waals surface area contributed by atoms with Crippen LogP contribution in [0.25, 0.3) is 16.9 Å². The molecule has 3 aliphatic rings. The summed E-state index contributed by atoms with van der Waals surface area (Å²) < 4.78 is 7.37. The van der Waals surface area contributed by atoms with Crippen LogP contribution < -0.4 is 10.1 Å². The molecule has 2 saturated carbocycles. The van der Waals surface area contributed by atoms with E-state index in [-0.39, 0.29) is 30.4 Å². The van der Waals surface area contributed by atoms with Gasteiger partial charge in [0.2, 0.25) is 5.91 Å². The van der Waals surface area contributed by atoms with Crippen LogP contribution in [0.5, 0.6) is 5.75 Å². The van der Waals surface area contributed by atoms with E-state index in [0.29, 0.717) is 11.8 Å². The number of aryl methyl sites for hydroxylation is 1. The lowest BCUT2D eigenvalue weighted by Crippen LogP contribution is -2.47. The minimum atomic E-state index is -0.268. The normalized spacial score (nSPS) is 26.6. The van der Waals surface area contributed by atoms with Crippen molar-refractivity contribution in [3.8, 4) is 22.7 Å². The Morgan fingerprint density at radius 3 is 2.56 bits per heavy atom. The maximum Gasteiger partial charge on any atom is 0.229 e. The molecule has 1 amide bonds. The fourth-order valence-electron chi connectivity index (χ4n) is 6.95. The van der Waals surface area contributed by atoms with Crippen molar-refractivity contribution < 1.29 is 14.6 Å². The van der Waals surface area contributed by atoms with Gasteiger partial charge in [0, 0.05) is 29.7 Å². The molecule has 3 unspecified atom stereocenters. The predicted octanol–water partition coefficient (Wildman–Crippen LogP) is 4.80. The summed E-state index contributed by atoms with van der Waals surface area (Å²) >= 11 is 0. The van der Waals surface area contributed by atoms with Gasteiger partial charge in [-0.1, -0.05) is 29.8 Å². The number of carbonyl (C=O) groups is 1. The predicted molar refractivity (Wildman–Crippen MR) is 139 cm³/mol. The summed E-state index contributed by atoms with van der Waals surface area (Å²) in [6.07, 6.45) is 6.14. The Morgan fingerprint density at radius 2 is 1.83 bits per heavy atom. The molecule has 0 spiro atoms.